The molecule has 0 N–H and O–H groups in total. The highest BCUT2D eigenvalue weighted by atomic mass is 16.6. The smallest absolute Gasteiger partial charge is 0.148 e. The predicted molar refractivity (Wildman–Crippen MR) is 138 cm³/mol. The Bertz CT molecular complexity index is 750. The minimum atomic E-state index is -0.534. The van der Waals surface area contributed by atoms with Gasteiger partial charge in [0, 0.05) is 0 Å². The second-order valence-electron chi connectivity index (χ2n) is 15.2. The third-order valence-electron chi connectivity index (χ3n) is 12.5. The van der Waals surface area contributed by atoms with Crippen molar-refractivity contribution in [1.29, 1.82) is 0 Å². The van der Waals surface area contributed by atoms with Crippen LogP contribution in [-0.4, -0.2) is 22.9 Å². The minimum Gasteiger partial charge on any atom is -0.356 e. The predicted octanol–water partition coefficient (Wildman–Crippen LogP) is 8.26. The van der Waals surface area contributed by atoms with Gasteiger partial charge in [-0.25, -0.2) is 0 Å². The lowest BCUT2D eigenvalue weighted by Gasteiger charge is -2.62. The molecule has 9 atom stereocenters. The fraction of sp³-hybridized carbons (Fsp3) is 1.00. The summed E-state index contributed by atoms with van der Waals surface area (Å²) in [5, 5.41) is 14.6. The third-order valence-corrected chi connectivity index (χ3v) is 12.5. The highest BCUT2D eigenvalue weighted by molar-refractivity contribution is 5.12. The Morgan fingerprint density at radius 1 is 0.853 bits per heavy atom. The summed E-state index contributed by atoms with van der Waals surface area (Å²) in [6.07, 6.45) is 15.9. The summed E-state index contributed by atoms with van der Waals surface area (Å²) in [5.41, 5.74) is 0.0746. The molecule has 5 fully saturated rings. The lowest BCUT2D eigenvalue weighted by atomic mass is 9.44. The van der Waals surface area contributed by atoms with Crippen molar-refractivity contribution in [2.24, 2.45) is 52.3 Å². The summed E-state index contributed by atoms with van der Waals surface area (Å²) >= 11 is 0. The molecule has 5 aliphatic rings. The Labute approximate surface area is 210 Å². The van der Waals surface area contributed by atoms with Gasteiger partial charge in [-0.15, -0.1) is 10.3 Å². The standard InChI is InChI=1S/C31H54NO2/c1-21(2)9-8-10-22(3)25-13-14-26-24-12-11-23-19-31(32(33)28(4,5)20-34-31)18-17-29(23,6)27(24)15-16-30(25,26)7/h21-27H,8-20H2,1-7H3/t22-,23+,24+,25-,26+,27+,29?,30?,31?/m1/s1. The van der Waals surface area contributed by atoms with Crippen LogP contribution in [0.1, 0.15) is 126 Å². The zero-order chi connectivity index (χ0) is 24.5. The molecule has 1 heterocycles. The molecule has 34 heavy (non-hydrogen) atoms. The fourth-order valence-corrected chi connectivity index (χ4v) is 10.5. The normalized spacial score (nSPS) is 49.1. The van der Waals surface area contributed by atoms with Crippen LogP contribution in [0.3, 0.4) is 0 Å². The minimum absolute atomic E-state index is 0.373. The molecule has 4 saturated carbocycles. The van der Waals surface area contributed by atoms with Crippen molar-refractivity contribution in [3.05, 3.63) is 0 Å². The largest absolute Gasteiger partial charge is 0.356 e. The quantitative estimate of drug-likeness (QED) is 0.403. The van der Waals surface area contributed by atoms with Crippen molar-refractivity contribution in [2.75, 3.05) is 6.61 Å². The van der Waals surface area contributed by atoms with Crippen molar-refractivity contribution in [2.45, 2.75) is 137 Å². The molecule has 5 rings (SSSR count). The Balaban J connectivity index is 1.29. The molecule has 0 aromatic carbocycles. The van der Waals surface area contributed by atoms with Gasteiger partial charge in [-0.2, -0.15) is 0 Å². The summed E-state index contributed by atoms with van der Waals surface area (Å²) in [6, 6.07) is 0. The van der Waals surface area contributed by atoms with Crippen LogP contribution in [0.5, 0.6) is 0 Å². The summed E-state index contributed by atoms with van der Waals surface area (Å²) in [7, 11) is 0. The molecule has 0 bridgehead atoms. The number of rotatable bonds is 5. The second kappa shape index (κ2) is 8.73. The van der Waals surface area contributed by atoms with E-state index in [1.165, 1.54) is 69.3 Å². The van der Waals surface area contributed by atoms with Crippen molar-refractivity contribution in [1.82, 2.24) is 5.06 Å². The van der Waals surface area contributed by atoms with Crippen molar-refractivity contribution < 1.29 is 9.94 Å². The van der Waals surface area contributed by atoms with E-state index in [2.05, 4.69) is 48.5 Å². The number of hydrogen-bond donors (Lipinski definition) is 0. The first-order valence-electron chi connectivity index (χ1n) is 15.0. The lowest BCUT2D eigenvalue weighted by Crippen LogP contribution is -2.59. The summed E-state index contributed by atoms with van der Waals surface area (Å²) in [4.78, 5) is 0. The monoisotopic (exact) mass is 472 g/mol. The van der Waals surface area contributed by atoms with E-state index in [1.54, 1.807) is 0 Å². The number of hydrogen-bond acceptors (Lipinski definition) is 2. The van der Waals surface area contributed by atoms with Crippen LogP contribution in [0, 0.1) is 52.3 Å². The maximum Gasteiger partial charge on any atom is 0.148 e. The molecule has 0 aromatic rings. The van der Waals surface area contributed by atoms with Crippen LogP contribution < -0.4 is 0 Å². The van der Waals surface area contributed by atoms with E-state index < -0.39 is 5.72 Å². The van der Waals surface area contributed by atoms with Crippen LogP contribution >= 0.6 is 0 Å². The van der Waals surface area contributed by atoms with E-state index in [4.69, 9.17) is 4.74 Å². The van der Waals surface area contributed by atoms with Crippen molar-refractivity contribution in [3.8, 4) is 0 Å². The number of nitrogens with zero attached hydrogens (tertiary/aromatic N) is 1. The Kier molecular flexibility index (Phi) is 6.55. The van der Waals surface area contributed by atoms with E-state index in [0.29, 0.717) is 23.4 Å². The van der Waals surface area contributed by atoms with Crippen molar-refractivity contribution >= 4 is 0 Å². The molecule has 195 valence electrons. The van der Waals surface area contributed by atoms with Crippen LogP contribution in [0.25, 0.3) is 0 Å². The molecule has 0 amide bonds. The van der Waals surface area contributed by atoms with Crippen LogP contribution in [0.2, 0.25) is 0 Å². The van der Waals surface area contributed by atoms with Gasteiger partial charge in [0.25, 0.3) is 0 Å². The van der Waals surface area contributed by atoms with Gasteiger partial charge in [0.1, 0.15) is 5.72 Å². The topological polar surface area (TPSA) is 32.4 Å². The first-order chi connectivity index (χ1) is 15.9. The molecule has 3 heteroatoms. The average molecular weight is 473 g/mol. The van der Waals surface area contributed by atoms with Crippen LogP contribution in [0.4, 0.5) is 0 Å². The van der Waals surface area contributed by atoms with Crippen LogP contribution in [0.15, 0.2) is 0 Å². The SMILES string of the molecule is CC(C)CCC[C@@H](C)[C@H]1CC[C@H]2[C@@H]3CC[C@H]4CC5(CCC4(C)[C@H]3CCC12C)OCC(C)(C)N5[O]. The van der Waals surface area contributed by atoms with E-state index in [0.717, 1.165) is 48.3 Å². The molecule has 1 spiro atoms. The maximum atomic E-state index is 13.3. The van der Waals surface area contributed by atoms with Gasteiger partial charge in [0.15, 0.2) is 0 Å². The molecule has 1 radical (unpaired) electrons. The number of ether oxygens (including phenoxy) is 1. The second-order valence-corrected chi connectivity index (χ2v) is 15.2. The van der Waals surface area contributed by atoms with E-state index >= 15 is 0 Å². The van der Waals surface area contributed by atoms with E-state index in [9.17, 15) is 5.21 Å². The first kappa shape index (κ1) is 25.5. The Hall–Kier alpha value is -0.120. The maximum absolute atomic E-state index is 13.3. The molecule has 0 aromatic heterocycles. The highest BCUT2D eigenvalue weighted by Gasteiger charge is 2.64. The number of fused-ring (bicyclic) bond motifs is 5. The molecule has 3 unspecified atom stereocenters. The lowest BCUT2D eigenvalue weighted by molar-refractivity contribution is -0.315. The van der Waals surface area contributed by atoms with Crippen LogP contribution in [-0.2, 0) is 9.94 Å². The van der Waals surface area contributed by atoms with Gasteiger partial charge < -0.3 is 4.74 Å². The Morgan fingerprint density at radius 2 is 1.59 bits per heavy atom. The molecular weight excluding hydrogens is 418 g/mol. The zero-order valence-corrected chi connectivity index (χ0v) is 23.5. The fourth-order valence-electron chi connectivity index (χ4n) is 10.5. The zero-order valence-electron chi connectivity index (χ0n) is 23.5. The van der Waals surface area contributed by atoms with Crippen molar-refractivity contribution in [3.63, 3.8) is 0 Å². The van der Waals surface area contributed by atoms with E-state index in [1.807, 2.05) is 0 Å². The first-order valence-corrected chi connectivity index (χ1v) is 15.0. The summed E-state index contributed by atoms with van der Waals surface area (Å²) in [5.74, 6) is 6.05. The summed E-state index contributed by atoms with van der Waals surface area (Å²) in [6.45, 7) is 17.4. The van der Waals surface area contributed by atoms with Gasteiger partial charge in [0.05, 0.1) is 12.1 Å². The molecular formula is C31H54NO2. The third kappa shape index (κ3) is 3.85. The van der Waals surface area contributed by atoms with Gasteiger partial charge in [-0.1, -0.05) is 53.9 Å². The van der Waals surface area contributed by atoms with Gasteiger partial charge >= 0.3 is 0 Å². The molecule has 1 aliphatic heterocycles. The molecule has 4 aliphatic carbocycles. The molecule has 3 nitrogen and oxygen atoms in total. The number of hydroxylamine groups is 2. The highest BCUT2D eigenvalue weighted by Crippen LogP contribution is 2.69. The Morgan fingerprint density at radius 3 is 2.26 bits per heavy atom. The summed E-state index contributed by atoms with van der Waals surface area (Å²) < 4.78 is 6.33. The van der Waals surface area contributed by atoms with Gasteiger partial charge in [-0.05, 0) is 124 Å². The van der Waals surface area contributed by atoms with Gasteiger partial charge in [0.2, 0.25) is 0 Å². The van der Waals surface area contributed by atoms with E-state index in [-0.39, 0.29) is 5.54 Å². The average Bonchev–Trinajstić information content (AvgIpc) is 3.24. The van der Waals surface area contributed by atoms with Gasteiger partial charge in [-0.3, -0.25) is 0 Å². The molecule has 1 saturated heterocycles.